The van der Waals surface area contributed by atoms with Crippen molar-refractivity contribution in [2.75, 3.05) is 7.05 Å². The van der Waals surface area contributed by atoms with E-state index in [9.17, 15) is 9.59 Å². The van der Waals surface area contributed by atoms with Gasteiger partial charge in [0.25, 0.3) is 0 Å². The first-order valence-corrected chi connectivity index (χ1v) is 9.85. The van der Waals surface area contributed by atoms with Gasteiger partial charge in [0, 0.05) is 5.54 Å². The van der Waals surface area contributed by atoms with Crippen molar-refractivity contribution in [3.63, 3.8) is 0 Å². The molecule has 0 aromatic rings. The number of nitrogens with one attached hydrogen (secondary N) is 1. The standard InChI is InChI=1S/C20H33NO7/c1-18(2,3)9-10(19(4,5)21-8)15(22)25-13-11-12(24-16(13)23)14-17(26-11)28-20(6,7)27-14/h10-14,17,21H,9H2,1-8H3. The highest BCUT2D eigenvalue weighted by Crippen LogP contribution is 2.43. The van der Waals surface area contributed by atoms with Gasteiger partial charge in [-0.3, -0.25) is 4.79 Å². The predicted molar refractivity (Wildman–Crippen MR) is 99.2 cm³/mol. The van der Waals surface area contributed by atoms with E-state index in [1.807, 2.05) is 13.8 Å². The van der Waals surface area contributed by atoms with E-state index in [1.165, 1.54) is 0 Å². The molecule has 3 fully saturated rings. The van der Waals surface area contributed by atoms with Crippen LogP contribution in [0.4, 0.5) is 0 Å². The topological polar surface area (TPSA) is 92.3 Å². The fraction of sp³-hybridized carbons (Fsp3) is 0.900. The molecule has 0 radical (unpaired) electrons. The molecule has 3 saturated heterocycles. The van der Waals surface area contributed by atoms with Crippen molar-refractivity contribution >= 4 is 11.9 Å². The molecular formula is C20H33NO7. The fourth-order valence-corrected chi connectivity index (χ4v) is 3.96. The summed E-state index contributed by atoms with van der Waals surface area (Å²) in [5, 5.41) is 3.18. The third-order valence-corrected chi connectivity index (χ3v) is 5.67. The first-order chi connectivity index (χ1) is 12.7. The van der Waals surface area contributed by atoms with Crippen LogP contribution in [0, 0.1) is 11.3 Å². The van der Waals surface area contributed by atoms with Crippen LogP contribution in [-0.4, -0.2) is 61.0 Å². The summed E-state index contributed by atoms with van der Waals surface area (Å²) in [5.74, 6) is -2.31. The van der Waals surface area contributed by atoms with Gasteiger partial charge in [-0.2, -0.15) is 0 Å². The molecule has 8 heteroatoms. The van der Waals surface area contributed by atoms with Crippen LogP contribution < -0.4 is 5.32 Å². The van der Waals surface area contributed by atoms with Crippen molar-refractivity contribution in [2.24, 2.45) is 11.3 Å². The smallest absolute Gasteiger partial charge is 0.350 e. The van der Waals surface area contributed by atoms with Gasteiger partial charge in [0.1, 0.15) is 6.10 Å². The fourth-order valence-electron chi connectivity index (χ4n) is 3.96. The third kappa shape index (κ3) is 4.06. The molecule has 0 bridgehead atoms. The number of carbonyl (C=O) groups excluding carboxylic acids is 2. The molecule has 0 amide bonds. The van der Waals surface area contributed by atoms with E-state index < -0.39 is 59.9 Å². The highest BCUT2D eigenvalue weighted by Gasteiger charge is 2.64. The summed E-state index contributed by atoms with van der Waals surface area (Å²) in [6.45, 7) is 13.6. The van der Waals surface area contributed by atoms with Gasteiger partial charge in [-0.15, -0.1) is 0 Å². The molecule has 3 aliphatic heterocycles. The van der Waals surface area contributed by atoms with Crippen molar-refractivity contribution in [1.29, 1.82) is 0 Å². The summed E-state index contributed by atoms with van der Waals surface area (Å²) in [4.78, 5) is 25.5. The SMILES string of the molecule is CNC(C)(C)C(CC(C)(C)C)C(=O)OC1C(=O)OC2C3OC(C)(C)OC3OC12. The molecule has 6 atom stereocenters. The number of carbonyl (C=O) groups is 2. The Morgan fingerprint density at radius 1 is 1.14 bits per heavy atom. The molecule has 0 aliphatic carbocycles. The van der Waals surface area contributed by atoms with Crippen LogP contribution in [0.15, 0.2) is 0 Å². The Labute approximate surface area is 166 Å². The van der Waals surface area contributed by atoms with Crippen LogP contribution in [0.2, 0.25) is 0 Å². The Morgan fingerprint density at radius 2 is 1.79 bits per heavy atom. The zero-order chi connectivity index (χ0) is 21.1. The van der Waals surface area contributed by atoms with Crippen LogP contribution in [0.25, 0.3) is 0 Å². The highest BCUT2D eigenvalue weighted by molar-refractivity contribution is 5.83. The van der Waals surface area contributed by atoms with Gasteiger partial charge in [0.2, 0.25) is 6.10 Å². The van der Waals surface area contributed by atoms with Crippen molar-refractivity contribution in [3.8, 4) is 0 Å². The lowest BCUT2D eigenvalue weighted by Gasteiger charge is -2.36. The molecule has 0 spiro atoms. The minimum atomic E-state index is -1.12. The molecule has 0 aromatic carbocycles. The molecular weight excluding hydrogens is 366 g/mol. The molecule has 1 N–H and O–H groups in total. The van der Waals surface area contributed by atoms with Crippen LogP contribution in [0.1, 0.15) is 54.9 Å². The van der Waals surface area contributed by atoms with Gasteiger partial charge < -0.3 is 29.0 Å². The summed E-state index contributed by atoms with van der Waals surface area (Å²) in [6, 6.07) is 0. The zero-order valence-corrected chi connectivity index (χ0v) is 18.0. The number of fused-ring (bicyclic) bond motifs is 3. The lowest BCUT2D eigenvalue weighted by Crippen LogP contribution is -2.50. The van der Waals surface area contributed by atoms with Gasteiger partial charge >= 0.3 is 11.9 Å². The van der Waals surface area contributed by atoms with Crippen LogP contribution in [0.5, 0.6) is 0 Å². The maximum atomic E-state index is 13.1. The molecule has 3 rings (SSSR count). The average Bonchev–Trinajstić information content (AvgIpc) is 3.12. The van der Waals surface area contributed by atoms with Crippen molar-refractivity contribution < 1.29 is 33.3 Å². The summed E-state index contributed by atoms with van der Waals surface area (Å²) in [6.07, 6.45) is -3.05. The summed E-state index contributed by atoms with van der Waals surface area (Å²) in [5.41, 5.74) is -0.597. The van der Waals surface area contributed by atoms with Gasteiger partial charge in [-0.1, -0.05) is 20.8 Å². The highest BCUT2D eigenvalue weighted by atomic mass is 16.8. The van der Waals surface area contributed by atoms with Crippen molar-refractivity contribution in [3.05, 3.63) is 0 Å². The third-order valence-electron chi connectivity index (χ3n) is 5.67. The first kappa shape index (κ1) is 21.5. The molecule has 160 valence electrons. The normalized spacial score (nSPS) is 35.3. The second kappa shape index (κ2) is 6.93. The quantitative estimate of drug-likeness (QED) is 0.699. The van der Waals surface area contributed by atoms with Crippen molar-refractivity contribution in [2.45, 2.75) is 96.9 Å². The Morgan fingerprint density at radius 3 is 2.36 bits per heavy atom. The summed E-state index contributed by atoms with van der Waals surface area (Å²) < 4.78 is 28.4. The van der Waals surface area contributed by atoms with E-state index in [0.29, 0.717) is 6.42 Å². The molecule has 0 aromatic heterocycles. The molecule has 3 aliphatic rings. The number of ether oxygens (including phenoxy) is 5. The van der Waals surface area contributed by atoms with E-state index >= 15 is 0 Å². The summed E-state index contributed by atoms with van der Waals surface area (Å²) in [7, 11) is 1.81. The first-order valence-electron chi connectivity index (χ1n) is 9.85. The maximum absolute atomic E-state index is 13.1. The molecule has 6 unspecified atom stereocenters. The number of hydrogen-bond donors (Lipinski definition) is 1. The van der Waals surface area contributed by atoms with Crippen LogP contribution >= 0.6 is 0 Å². The lowest BCUT2D eigenvalue weighted by molar-refractivity contribution is -0.217. The van der Waals surface area contributed by atoms with Crippen LogP contribution in [-0.2, 0) is 33.3 Å². The molecule has 28 heavy (non-hydrogen) atoms. The Kier molecular flexibility index (Phi) is 5.32. The zero-order valence-electron chi connectivity index (χ0n) is 18.0. The van der Waals surface area contributed by atoms with E-state index in [-0.39, 0.29) is 5.41 Å². The second-order valence-electron chi connectivity index (χ2n) is 10.1. The number of hydrogen-bond acceptors (Lipinski definition) is 8. The predicted octanol–water partition coefficient (Wildman–Crippen LogP) is 1.75. The van der Waals surface area contributed by atoms with Gasteiger partial charge in [-0.25, -0.2) is 4.79 Å². The van der Waals surface area contributed by atoms with E-state index in [4.69, 9.17) is 23.7 Å². The minimum absolute atomic E-state index is 0.0926. The largest absolute Gasteiger partial charge is 0.454 e. The molecule has 0 saturated carbocycles. The summed E-state index contributed by atoms with van der Waals surface area (Å²) >= 11 is 0. The van der Waals surface area contributed by atoms with Gasteiger partial charge in [0.05, 0.1) is 5.92 Å². The van der Waals surface area contributed by atoms with E-state index in [2.05, 4.69) is 26.1 Å². The Balaban J connectivity index is 1.73. The Hall–Kier alpha value is -1.22. The second-order valence-corrected chi connectivity index (χ2v) is 10.1. The minimum Gasteiger partial charge on any atom is -0.454 e. The average molecular weight is 399 g/mol. The van der Waals surface area contributed by atoms with Gasteiger partial charge in [-0.05, 0) is 46.6 Å². The number of rotatable bonds is 5. The van der Waals surface area contributed by atoms with E-state index in [1.54, 1.807) is 20.9 Å². The number of esters is 2. The van der Waals surface area contributed by atoms with Crippen LogP contribution in [0.3, 0.4) is 0 Å². The van der Waals surface area contributed by atoms with E-state index in [0.717, 1.165) is 0 Å². The molecule has 3 heterocycles. The lowest BCUT2D eigenvalue weighted by atomic mass is 9.76. The monoisotopic (exact) mass is 399 g/mol. The Bertz CT molecular complexity index is 639. The van der Waals surface area contributed by atoms with Crippen molar-refractivity contribution in [1.82, 2.24) is 5.32 Å². The maximum Gasteiger partial charge on any atom is 0.350 e. The van der Waals surface area contributed by atoms with Gasteiger partial charge in [0.15, 0.2) is 24.3 Å². The molecule has 8 nitrogen and oxygen atoms in total.